The van der Waals surface area contributed by atoms with Crippen molar-refractivity contribution in [1.29, 1.82) is 0 Å². The van der Waals surface area contributed by atoms with Crippen LogP contribution in [0.3, 0.4) is 0 Å². The van der Waals surface area contributed by atoms with Crippen LogP contribution in [0.15, 0.2) is 0 Å². The molecule has 6 heteroatoms. The highest BCUT2D eigenvalue weighted by atomic mass is 16.5. The molecule has 1 amide bonds. The molecule has 0 bridgehead atoms. The number of carboxylic acids is 1. The van der Waals surface area contributed by atoms with E-state index in [1.54, 1.807) is 11.8 Å². The van der Waals surface area contributed by atoms with Crippen molar-refractivity contribution in [3.05, 3.63) is 0 Å². The highest BCUT2D eigenvalue weighted by Gasteiger charge is 2.47. The zero-order chi connectivity index (χ0) is 13.4. The van der Waals surface area contributed by atoms with Crippen molar-refractivity contribution in [3.63, 3.8) is 0 Å². The summed E-state index contributed by atoms with van der Waals surface area (Å²) >= 11 is 0. The van der Waals surface area contributed by atoms with Crippen molar-refractivity contribution in [2.24, 2.45) is 11.1 Å². The number of rotatable bonds is 2. The standard InChI is InChI=1S/C12H20N2O4/c1-11(10(16)17)2-5-14(8-11)9(15)12(13)3-6-18-7-4-12/h2-8,13H2,1H3,(H,16,17). The number of carbonyl (C=O) groups excluding carboxylic acids is 1. The van der Waals surface area contributed by atoms with E-state index in [9.17, 15) is 9.59 Å². The second-order valence-electron chi connectivity index (χ2n) is 5.61. The molecule has 0 aromatic rings. The predicted molar refractivity (Wildman–Crippen MR) is 63.9 cm³/mol. The topological polar surface area (TPSA) is 92.9 Å². The van der Waals surface area contributed by atoms with Crippen LogP contribution in [0.5, 0.6) is 0 Å². The maximum Gasteiger partial charge on any atom is 0.311 e. The van der Waals surface area contributed by atoms with Crippen LogP contribution in [-0.2, 0) is 14.3 Å². The Hall–Kier alpha value is -1.14. The first kappa shape index (κ1) is 13.3. The molecule has 2 saturated heterocycles. The fraction of sp³-hybridized carbons (Fsp3) is 0.833. The van der Waals surface area contributed by atoms with Gasteiger partial charge in [0, 0.05) is 26.3 Å². The Balaban J connectivity index is 2.05. The van der Waals surface area contributed by atoms with E-state index < -0.39 is 16.9 Å². The van der Waals surface area contributed by atoms with Crippen LogP contribution < -0.4 is 5.73 Å². The molecule has 0 saturated carbocycles. The fourth-order valence-electron chi connectivity index (χ4n) is 2.57. The van der Waals surface area contributed by atoms with Gasteiger partial charge in [-0.1, -0.05) is 0 Å². The Labute approximate surface area is 106 Å². The Morgan fingerprint density at radius 3 is 2.39 bits per heavy atom. The molecule has 0 aliphatic carbocycles. The number of likely N-dealkylation sites (tertiary alicyclic amines) is 1. The molecule has 0 aromatic carbocycles. The van der Waals surface area contributed by atoms with E-state index in [2.05, 4.69) is 0 Å². The van der Waals surface area contributed by atoms with Crippen LogP contribution in [0.25, 0.3) is 0 Å². The monoisotopic (exact) mass is 256 g/mol. The molecule has 2 heterocycles. The summed E-state index contributed by atoms with van der Waals surface area (Å²) in [5.74, 6) is -0.980. The van der Waals surface area contributed by atoms with Crippen LogP contribution >= 0.6 is 0 Å². The number of hydrogen-bond acceptors (Lipinski definition) is 4. The van der Waals surface area contributed by atoms with Crippen molar-refractivity contribution in [2.45, 2.75) is 31.7 Å². The minimum Gasteiger partial charge on any atom is -0.481 e. The van der Waals surface area contributed by atoms with Crippen LogP contribution in [-0.4, -0.2) is 53.7 Å². The van der Waals surface area contributed by atoms with E-state index in [1.165, 1.54) is 0 Å². The lowest BCUT2D eigenvalue weighted by atomic mass is 9.88. The first-order valence-electron chi connectivity index (χ1n) is 6.27. The quantitative estimate of drug-likeness (QED) is 0.714. The average Bonchev–Trinajstić information content (AvgIpc) is 2.73. The summed E-state index contributed by atoms with van der Waals surface area (Å²) < 4.78 is 5.21. The highest BCUT2D eigenvalue weighted by molar-refractivity contribution is 5.87. The molecule has 1 unspecified atom stereocenters. The van der Waals surface area contributed by atoms with Gasteiger partial charge in [-0.25, -0.2) is 0 Å². The van der Waals surface area contributed by atoms with Crippen molar-refractivity contribution in [2.75, 3.05) is 26.3 Å². The van der Waals surface area contributed by atoms with Gasteiger partial charge in [-0.3, -0.25) is 9.59 Å². The fourth-order valence-corrected chi connectivity index (χ4v) is 2.57. The van der Waals surface area contributed by atoms with E-state index in [-0.39, 0.29) is 12.5 Å². The maximum absolute atomic E-state index is 12.4. The molecule has 3 N–H and O–H groups in total. The van der Waals surface area contributed by atoms with E-state index in [4.69, 9.17) is 15.6 Å². The number of aliphatic carboxylic acids is 1. The van der Waals surface area contributed by atoms with Gasteiger partial charge in [0.2, 0.25) is 5.91 Å². The number of nitrogens with two attached hydrogens (primary N) is 1. The normalized spacial score (nSPS) is 31.3. The molecule has 6 nitrogen and oxygen atoms in total. The van der Waals surface area contributed by atoms with Crippen LogP contribution in [0.2, 0.25) is 0 Å². The van der Waals surface area contributed by atoms with E-state index >= 15 is 0 Å². The molecule has 0 aromatic heterocycles. The Morgan fingerprint density at radius 2 is 1.89 bits per heavy atom. The van der Waals surface area contributed by atoms with Gasteiger partial charge in [-0.05, 0) is 26.2 Å². The minimum absolute atomic E-state index is 0.129. The summed E-state index contributed by atoms with van der Waals surface area (Å²) in [5.41, 5.74) is 4.42. The Kier molecular flexibility index (Phi) is 3.33. The molecule has 2 aliphatic rings. The summed E-state index contributed by atoms with van der Waals surface area (Å²) in [6, 6.07) is 0. The zero-order valence-electron chi connectivity index (χ0n) is 10.6. The van der Waals surface area contributed by atoms with Crippen molar-refractivity contribution in [3.8, 4) is 0 Å². The van der Waals surface area contributed by atoms with Gasteiger partial charge in [-0.15, -0.1) is 0 Å². The van der Waals surface area contributed by atoms with E-state index in [1.807, 2.05) is 0 Å². The molecule has 18 heavy (non-hydrogen) atoms. The average molecular weight is 256 g/mol. The second-order valence-corrected chi connectivity index (χ2v) is 5.61. The molecule has 1 atom stereocenters. The molecule has 0 radical (unpaired) electrons. The summed E-state index contributed by atoms with van der Waals surface area (Å²) in [7, 11) is 0. The molecule has 0 spiro atoms. The van der Waals surface area contributed by atoms with Gasteiger partial charge in [0.05, 0.1) is 11.0 Å². The van der Waals surface area contributed by atoms with Crippen molar-refractivity contribution >= 4 is 11.9 Å². The molecule has 102 valence electrons. The Morgan fingerprint density at radius 1 is 1.28 bits per heavy atom. The number of carbonyl (C=O) groups is 2. The van der Waals surface area contributed by atoms with Crippen molar-refractivity contribution < 1.29 is 19.4 Å². The lowest BCUT2D eigenvalue weighted by Gasteiger charge is -2.35. The van der Waals surface area contributed by atoms with Gasteiger partial charge in [-0.2, -0.15) is 0 Å². The largest absolute Gasteiger partial charge is 0.481 e. The van der Waals surface area contributed by atoms with Crippen LogP contribution in [0, 0.1) is 5.41 Å². The summed E-state index contributed by atoms with van der Waals surface area (Å²) in [6.07, 6.45) is 1.50. The van der Waals surface area contributed by atoms with Gasteiger partial charge in [0.15, 0.2) is 0 Å². The molecule has 2 fully saturated rings. The van der Waals surface area contributed by atoms with Gasteiger partial charge in [0.1, 0.15) is 0 Å². The number of ether oxygens (including phenoxy) is 1. The molecular formula is C12H20N2O4. The van der Waals surface area contributed by atoms with E-state index in [0.717, 1.165) is 0 Å². The summed E-state index contributed by atoms with van der Waals surface area (Å²) in [6.45, 7) is 3.39. The highest BCUT2D eigenvalue weighted by Crippen LogP contribution is 2.32. The number of nitrogens with zero attached hydrogens (tertiary/aromatic N) is 1. The number of carboxylic acid groups (broad SMARTS) is 1. The molecule has 2 rings (SSSR count). The lowest BCUT2D eigenvalue weighted by molar-refractivity contribution is -0.148. The number of amides is 1. The second kappa shape index (κ2) is 4.51. The Bertz CT molecular complexity index is 365. The van der Waals surface area contributed by atoms with Crippen LogP contribution in [0.1, 0.15) is 26.2 Å². The molecule has 2 aliphatic heterocycles. The smallest absolute Gasteiger partial charge is 0.311 e. The third kappa shape index (κ3) is 2.22. The number of hydrogen-bond donors (Lipinski definition) is 2. The maximum atomic E-state index is 12.4. The molecular weight excluding hydrogens is 236 g/mol. The summed E-state index contributed by atoms with van der Waals surface area (Å²) in [4.78, 5) is 25.1. The van der Waals surface area contributed by atoms with Crippen molar-refractivity contribution in [1.82, 2.24) is 4.90 Å². The SMILES string of the molecule is CC1(C(=O)O)CCN(C(=O)C2(N)CCOCC2)C1. The van der Waals surface area contributed by atoms with Gasteiger partial charge in [0.25, 0.3) is 0 Å². The minimum atomic E-state index is -0.873. The van der Waals surface area contributed by atoms with E-state index in [0.29, 0.717) is 39.0 Å². The first-order chi connectivity index (χ1) is 8.37. The van der Waals surface area contributed by atoms with Gasteiger partial charge < -0.3 is 20.5 Å². The zero-order valence-corrected chi connectivity index (χ0v) is 10.6. The third-order valence-corrected chi connectivity index (χ3v) is 4.09. The third-order valence-electron chi connectivity index (χ3n) is 4.09. The summed E-state index contributed by atoms with van der Waals surface area (Å²) in [5, 5.41) is 9.16. The van der Waals surface area contributed by atoms with Gasteiger partial charge >= 0.3 is 5.97 Å². The van der Waals surface area contributed by atoms with Crippen LogP contribution in [0.4, 0.5) is 0 Å². The lowest BCUT2D eigenvalue weighted by Crippen LogP contribution is -2.57. The predicted octanol–water partition coefficient (Wildman–Crippen LogP) is -0.182. The first-order valence-corrected chi connectivity index (χ1v) is 6.27.